The average molecular weight is 372 g/mol. The van der Waals surface area contributed by atoms with Gasteiger partial charge in [0.05, 0.1) is 31.3 Å². The number of ether oxygens (including phenoxy) is 1. The van der Waals surface area contributed by atoms with Gasteiger partial charge in [-0.2, -0.15) is 0 Å². The molecule has 2 aromatic heterocycles. The Balaban J connectivity index is 1.45. The lowest BCUT2D eigenvalue weighted by atomic mass is 10.1. The first-order chi connectivity index (χ1) is 13.2. The van der Waals surface area contributed by atoms with Gasteiger partial charge >= 0.3 is 6.09 Å². The first-order valence-corrected chi connectivity index (χ1v) is 9.10. The highest BCUT2D eigenvalue weighted by molar-refractivity contribution is 5.92. The number of hydrogen-bond donors (Lipinski definition) is 2. The van der Waals surface area contributed by atoms with Crippen molar-refractivity contribution in [3.63, 3.8) is 0 Å². The Bertz CT molecular complexity index is 738. The standard InChI is InChI=1S/C19H24N4O4/c1-2-26-19(25)23-9-7-14(8-10-23)22-15-5-6-17(20-12-15)18(24)21-13-16-4-3-11-27-16/h3-6,11-12,14,22H,2,7-10,13H2,1H3,(H,21,24). The lowest BCUT2D eigenvalue weighted by Gasteiger charge is -2.32. The third-order valence-corrected chi connectivity index (χ3v) is 4.39. The van der Waals surface area contributed by atoms with E-state index in [1.54, 1.807) is 42.5 Å². The molecule has 144 valence electrons. The molecule has 2 amide bonds. The molecule has 0 aliphatic carbocycles. The van der Waals surface area contributed by atoms with E-state index in [4.69, 9.17) is 9.15 Å². The lowest BCUT2D eigenvalue weighted by molar-refractivity contribution is 0.0942. The molecule has 1 aliphatic heterocycles. The van der Waals surface area contributed by atoms with Crippen LogP contribution in [0.5, 0.6) is 0 Å². The van der Waals surface area contributed by atoms with Crippen LogP contribution in [0.2, 0.25) is 0 Å². The molecular weight excluding hydrogens is 348 g/mol. The Hall–Kier alpha value is -3.03. The molecule has 1 aliphatic rings. The van der Waals surface area contributed by atoms with Gasteiger partial charge in [-0.3, -0.25) is 4.79 Å². The summed E-state index contributed by atoms with van der Waals surface area (Å²) in [6.07, 6.45) is 4.65. The van der Waals surface area contributed by atoms with Gasteiger partial charge in [-0.25, -0.2) is 9.78 Å². The molecule has 0 unspecified atom stereocenters. The van der Waals surface area contributed by atoms with Crippen molar-refractivity contribution in [2.45, 2.75) is 32.4 Å². The normalized spacial score (nSPS) is 14.6. The first kappa shape index (κ1) is 18.8. The van der Waals surface area contributed by atoms with Gasteiger partial charge in [-0.05, 0) is 44.0 Å². The van der Waals surface area contributed by atoms with Crippen molar-refractivity contribution in [3.05, 3.63) is 48.2 Å². The number of carbonyl (C=O) groups is 2. The smallest absolute Gasteiger partial charge is 0.409 e. The van der Waals surface area contributed by atoms with Crippen LogP contribution in [0.25, 0.3) is 0 Å². The molecule has 0 atom stereocenters. The summed E-state index contributed by atoms with van der Waals surface area (Å²) in [5.74, 6) is 0.441. The fourth-order valence-electron chi connectivity index (χ4n) is 2.94. The second-order valence-electron chi connectivity index (χ2n) is 6.30. The van der Waals surface area contributed by atoms with Crippen molar-refractivity contribution in [2.24, 2.45) is 0 Å². The van der Waals surface area contributed by atoms with Crippen LogP contribution in [0.3, 0.4) is 0 Å². The molecule has 0 aromatic carbocycles. The summed E-state index contributed by atoms with van der Waals surface area (Å²) in [6, 6.07) is 7.36. The predicted octanol–water partition coefficient (Wildman–Crippen LogP) is 2.64. The molecule has 8 nitrogen and oxygen atoms in total. The number of anilines is 1. The number of likely N-dealkylation sites (tertiary alicyclic amines) is 1. The Morgan fingerprint density at radius 3 is 2.74 bits per heavy atom. The maximum absolute atomic E-state index is 12.1. The number of rotatable bonds is 6. The fraction of sp³-hybridized carbons (Fsp3) is 0.421. The van der Waals surface area contributed by atoms with Crippen molar-refractivity contribution < 1.29 is 18.7 Å². The number of carbonyl (C=O) groups excluding carboxylic acids is 2. The van der Waals surface area contributed by atoms with Gasteiger partial charge in [0.2, 0.25) is 0 Å². The topological polar surface area (TPSA) is 96.7 Å². The van der Waals surface area contributed by atoms with Crippen molar-refractivity contribution in [3.8, 4) is 0 Å². The van der Waals surface area contributed by atoms with Gasteiger partial charge in [-0.1, -0.05) is 0 Å². The van der Waals surface area contributed by atoms with E-state index in [1.165, 1.54) is 0 Å². The summed E-state index contributed by atoms with van der Waals surface area (Å²) in [7, 11) is 0. The van der Waals surface area contributed by atoms with E-state index in [-0.39, 0.29) is 18.0 Å². The number of piperidine rings is 1. The van der Waals surface area contributed by atoms with Gasteiger partial charge in [-0.15, -0.1) is 0 Å². The number of pyridine rings is 1. The summed E-state index contributed by atoms with van der Waals surface area (Å²) in [6.45, 7) is 3.85. The molecule has 27 heavy (non-hydrogen) atoms. The van der Waals surface area contributed by atoms with Crippen LogP contribution < -0.4 is 10.6 Å². The van der Waals surface area contributed by atoms with Crippen LogP contribution in [0.1, 0.15) is 36.0 Å². The second-order valence-corrected chi connectivity index (χ2v) is 6.30. The summed E-state index contributed by atoms with van der Waals surface area (Å²) in [5, 5.41) is 6.17. The number of hydrogen-bond acceptors (Lipinski definition) is 6. The van der Waals surface area contributed by atoms with Crippen molar-refractivity contribution >= 4 is 17.7 Å². The molecule has 1 saturated heterocycles. The van der Waals surface area contributed by atoms with E-state index < -0.39 is 0 Å². The molecule has 0 radical (unpaired) electrons. The summed E-state index contributed by atoms with van der Waals surface area (Å²) in [4.78, 5) is 29.8. The monoisotopic (exact) mass is 372 g/mol. The van der Waals surface area contributed by atoms with Crippen LogP contribution in [0, 0.1) is 0 Å². The van der Waals surface area contributed by atoms with Gasteiger partial charge in [0.1, 0.15) is 11.5 Å². The zero-order valence-electron chi connectivity index (χ0n) is 15.3. The van der Waals surface area contributed by atoms with Gasteiger partial charge < -0.3 is 24.7 Å². The Kier molecular flexibility index (Phi) is 6.30. The minimum atomic E-state index is -0.249. The quantitative estimate of drug-likeness (QED) is 0.809. The van der Waals surface area contributed by atoms with Gasteiger partial charge in [0, 0.05) is 19.1 Å². The van der Waals surface area contributed by atoms with Crippen LogP contribution in [-0.2, 0) is 11.3 Å². The van der Waals surface area contributed by atoms with E-state index in [1.807, 2.05) is 6.07 Å². The highest BCUT2D eigenvalue weighted by atomic mass is 16.6. The summed E-state index contributed by atoms with van der Waals surface area (Å²) < 4.78 is 10.2. The summed E-state index contributed by atoms with van der Waals surface area (Å²) >= 11 is 0. The third kappa shape index (κ3) is 5.22. The molecular formula is C19H24N4O4. The SMILES string of the molecule is CCOC(=O)N1CCC(Nc2ccc(C(=O)NCc3ccco3)nc2)CC1. The molecule has 8 heteroatoms. The minimum absolute atomic E-state index is 0.248. The zero-order chi connectivity index (χ0) is 19.1. The van der Waals surface area contributed by atoms with E-state index >= 15 is 0 Å². The fourth-order valence-corrected chi connectivity index (χ4v) is 2.94. The minimum Gasteiger partial charge on any atom is -0.467 e. The molecule has 0 saturated carbocycles. The number of amides is 2. The maximum Gasteiger partial charge on any atom is 0.409 e. The second kappa shape index (κ2) is 9.07. The van der Waals surface area contributed by atoms with Crippen molar-refractivity contribution in [1.29, 1.82) is 0 Å². The average Bonchev–Trinajstić information content (AvgIpc) is 3.21. The van der Waals surface area contributed by atoms with Crippen molar-refractivity contribution in [1.82, 2.24) is 15.2 Å². The molecule has 1 fully saturated rings. The molecule has 0 bridgehead atoms. The Morgan fingerprint density at radius 1 is 1.30 bits per heavy atom. The number of aromatic nitrogens is 1. The van der Waals surface area contributed by atoms with E-state index in [0.29, 0.717) is 37.7 Å². The Labute approximate surface area is 157 Å². The largest absolute Gasteiger partial charge is 0.467 e. The zero-order valence-corrected chi connectivity index (χ0v) is 15.3. The highest BCUT2D eigenvalue weighted by Crippen LogP contribution is 2.17. The van der Waals surface area contributed by atoms with E-state index in [9.17, 15) is 9.59 Å². The van der Waals surface area contributed by atoms with Crippen molar-refractivity contribution in [2.75, 3.05) is 25.0 Å². The number of nitrogens with one attached hydrogen (secondary N) is 2. The molecule has 3 rings (SSSR count). The van der Waals surface area contributed by atoms with E-state index in [0.717, 1.165) is 18.5 Å². The van der Waals surface area contributed by atoms with Crippen LogP contribution in [0.15, 0.2) is 41.1 Å². The van der Waals surface area contributed by atoms with Crippen LogP contribution in [0.4, 0.5) is 10.5 Å². The first-order valence-electron chi connectivity index (χ1n) is 9.10. The molecule has 2 aromatic rings. The molecule has 0 spiro atoms. The number of furan rings is 1. The maximum atomic E-state index is 12.1. The van der Waals surface area contributed by atoms with Gasteiger partial charge in [0.15, 0.2) is 0 Å². The third-order valence-electron chi connectivity index (χ3n) is 4.39. The summed E-state index contributed by atoms with van der Waals surface area (Å²) in [5.41, 5.74) is 1.21. The van der Waals surface area contributed by atoms with Crippen LogP contribution >= 0.6 is 0 Å². The van der Waals surface area contributed by atoms with Gasteiger partial charge in [0.25, 0.3) is 5.91 Å². The molecule has 2 N–H and O–H groups in total. The van der Waals surface area contributed by atoms with E-state index in [2.05, 4.69) is 15.6 Å². The highest BCUT2D eigenvalue weighted by Gasteiger charge is 2.23. The lowest BCUT2D eigenvalue weighted by Crippen LogP contribution is -2.42. The predicted molar refractivity (Wildman–Crippen MR) is 99.4 cm³/mol. The Morgan fingerprint density at radius 2 is 2.11 bits per heavy atom. The van der Waals surface area contributed by atoms with Crippen LogP contribution in [-0.4, -0.2) is 47.6 Å². The number of nitrogens with zero attached hydrogens (tertiary/aromatic N) is 2. The molecule has 3 heterocycles.